The van der Waals surface area contributed by atoms with E-state index in [1.807, 2.05) is 0 Å². The first-order chi connectivity index (χ1) is 14.3. The predicted molar refractivity (Wildman–Crippen MR) is 138 cm³/mol. The molecule has 3 heteroatoms. The largest absolute Gasteiger partial charge is 0.394 e. The third-order valence-corrected chi connectivity index (χ3v) is 12.0. The van der Waals surface area contributed by atoms with Gasteiger partial charge in [-0.25, -0.2) is 0 Å². The molecule has 0 aliphatic carbocycles. The Morgan fingerprint density at radius 3 is 1.60 bits per heavy atom. The average Bonchev–Trinajstić information content (AvgIpc) is 2.70. The molecule has 0 aromatic rings. The highest BCUT2D eigenvalue weighted by Gasteiger charge is 2.52. The Morgan fingerprint density at radius 2 is 1.17 bits per heavy atom. The summed E-state index contributed by atoms with van der Waals surface area (Å²) in [4.78, 5) is 0. The van der Waals surface area contributed by atoms with E-state index in [0.717, 1.165) is 31.1 Å². The highest BCUT2D eigenvalue weighted by atomic mass is 28.4. The van der Waals surface area contributed by atoms with Crippen LogP contribution in [0.4, 0.5) is 0 Å². The van der Waals surface area contributed by atoms with Crippen LogP contribution in [0, 0.1) is 11.8 Å². The van der Waals surface area contributed by atoms with Crippen LogP contribution in [0.3, 0.4) is 0 Å². The molecule has 1 unspecified atom stereocenters. The molecule has 0 rings (SSSR count). The molecule has 30 heavy (non-hydrogen) atoms. The maximum atomic E-state index is 6.58. The van der Waals surface area contributed by atoms with Crippen molar-refractivity contribution in [3.8, 4) is 0 Å². The molecule has 0 saturated heterocycles. The molecule has 0 fully saturated rings. The van der Waals surface area contributed by atoms with E-state index in [1.165, 1.54) is 83.5 Å². The van der Waals surface area contributed by atoms with Gasteiger partial charge in [0.1, 0.15) is 0 Å². The van der Waals surface area contributed by atoms with E-state index in [2.05, 4.69) is 55.4 Å². The minimum Gasteiger partial charge on any atom is -0.394 e. The zero-order chi connectivity index (χ0) is 22.9. The van der Waals surface area contributed by atoms with E-state index in [4.69, 9.17) is 8.85 Å². The van der Waals surface area contributed by atoms with Crippen LogP contribution in [0.5, 0.6) is 0 Å². The number of hydrogen-bond donors (Lipinski definition) is 0. The zero-order valence-electron chi connectivity index (χ0n) is 22.3. The van der Waals surface area contributed by atoms with Crippen LogP contribution in [0.15, 0.2) is 0 Å². The molecule has 0 amide bonds. The summed E-state index contributed by atoms with van der Waals surface area (Å²) in [5.41, 5.74) is 0. The molecular formula is C27H58O2Si. The molecule has 0 saturated carbocycles. The Kier molecular flexibility index (Phi) is 17.7. The minimum atomic E-state index is -2.27. The molecule has 0 aromatic carbocycles. The second kappa shape index (κ2) is 17.7. The van der Waals surface area contributed by atoms with E-state index in [9.17, 15) is 0 Å². The van der Waals surface area contributed by atoms with Crippen LogP contribution < -0.4 is 0 Å². The Hall–Kier alpha value is 0.137. The Bertz CT molecular complexity index is 373. The third-order valence-electron chi connectivity index (χ3n) is 7.16. The van der Waals surface area contributed by atoms with Crippen molar-refractivity contribution in [3.05, 3.63) is 0 Å². The molecule has 0 radical (unpaired) electrons. The van der Waals surface area contributed by atoms with E-state index in [1.54, 1.807) is 0 Å². The zero-order valence-corrected chi connectivity index (χ0v) is 23.3. The van der Waals surface area contributed by atoms with Crippen molar-refractivity contribution in [2.75, 3.05) is 13.2 Å². The lowest BCUT2D eigenvalue weighted by Gasteiger charge is -2.45. The van der Waals surface area contributed by atoms with Gasteiger partial charge in [0.15, 0.2) is 0 Å². The molecule has 2 nitrogen and oxygen atoms in total. The third kappa shape index (κ3) is 11.7. The van der Waals surface area contributed by atoms with Gasteiger partial charge in [-0.2, -0.15) is 0 Å². The highest BCUT2D eigenvalue weighted by molar-refractivity contribution is 6.70. The van der Waals surface area contributed by atoms with Crippen LogP contribution in [0.25, 0.3) is 0 Å². The molecule has 0 N–H and O–H groups in total. The van der Waals surface area contributed by atoms with Gasteiger partial charge in [-0.1, -0.05) is 119 Å². The molecule has 0 aliphatic heterocycles. The van der Waals surface area contributed by atoms with Gasteiger partial charge in [0.2, 0.25) is 0 Å². The van der Waals surface area contributed by atoms with Gasteiger partial charge >= 0.3 is 8.56 Å². The number of hydrogen-bond acceptors (Lipinski definition) is 2. The molecule has 0 heterocycles. The summed E-state index contributed by atoms with van der Waals surface area (Å²) in [5.74, 6) is 1.47. The summed E-state index contributed by atoms with van der Waals surface area (Å²) in [6.07, 6.45) is 17.8. The lowest BCUT2D eigenvalue weighted by Crippen LogP contribution is -2.53. The predicted octanol–water partition coefficient (Wildman–Crippen LogP) is 9.67. The van der Waals surface area contributed by atoms with E-state index < -0.39 is 8.56 Å². The fourth-order valence-corrected chi connectivity index (χ4v) is 9.77. The number of rotatable bonds is 21. The van der Waals surface area contributed by atoms with E-state index in [0.29, 0.717) is 0 Å². The molecule has 0 bridgehead atoms. The van der Waals surface area contributed by atoms with Crippen molar-refractivity contribution in [1.82, 2.24) is 0 Å². The van der Waals surface area contributed by atoms with Crippen LogP contribution >= 0.6 is 0 Å². The molecule has 0 aliphatic rings. The van der Waals surface area contributed by atoms with Gasteiger partial charge in [0.25, 0.3) is 0 Å². The highest BCUT2D eigenvalue weighted by Crippen LogP contribution is 2.48. The smallest absolute Gasteiger partial charge is 0.344 e. The second-order valence-electron chi connectivity index (χ2n) is 10.3. The van der Waals surface area contributed by atoms with Crippen molar-refractivity contribution in [3.63, 3.8) is 0 Å². The standard InChI is InChI=1S/C27H58O2Si/c1-9-14-15-16-17-18-19-20-21-22-25(6)23-27(7,8)30(28-12-4,29-13-5)24-26(10-2)11-3/h25-26H,9-24H2,1-8H3. The fourth-order valence-electron chi connectivity index (χ4n) is 5.18. The molecule has 0 aromatic heterocycles. The lowest BCUT2D eigenvalue weighted by atomic mass is 9.92. The summed E-state index contributed by atoms with van der Waals surface area (Å²) in [6, 6.07) is 1.15. The second-order valence-corrected chi connectivity index (χ2v) is 14.2. The van der Waals surface area contributed by atoms with Gasteiger partial charge in [-0.15, -0.1) is 0 Å². The summed E-state index contributed by atoms with van der Waals surface area (Å²) in [7, 11) is -2.27. The first-order valence-electron chi connectivity index (χ1n) is 13.6. The fraction of sp³-hybridized carbons (Fsp3) is 1.00. The van der Waals surface area contributed by atoms with Crippen LogP contribution in [-0.4, -0.2) is 21.8 Å². The van der Waals surface area contributed by atoms with Gasteiger partial charge in [-0.05, 0) is 38.1 Å². The topological polar surface area (TPSA) is 18.5 Å². The maximum Gasteiger partial charge on any atom is 0.344 e. The van der Waals surface area contributed by atoms with Crippen molar-refractivity contribution in [2.24, 2.45) is 11.8 Å². The monoisotopic (exact) mass is 442 g/mol. The normalized spacial score (nSPS) is 13.9. The minimum absolute atomic E-state index is 0.153. The molecule has 1 atom stereocenters. The Balaban J connectivity index is 4.63. The first kappa shape index (κ1) is 30.1. The Morgan fingerprint density at radius 1 is 0.700 bits per heavy atom. The summed E-state index contributed by atoms with van der Waals surface area (Å²) in [5, 5.41) is 0.153. The van der Waals surface area contributed by atoms with Gasteiger partial charge < -0.3 is 8.85 Å². The quantitative estimate of drug-likeness (QED) is 0.130. The van der Waals surface area contributed by atoms with Crippen LogP contribution in [0.2, 0.25) is 11.1 Å². The SMILES string of the molecule is CCCCCCCCCCCC(C)CC(C)(C)[Si](CC(CC)CC)(OCC)OCC. The van der Waals surface area contributed by atoms with Crippen molar-refractivity contribution >= 4 is 8.56 Å². The first-order valence-corrected chi connectivity index (χ1v) is 15.6. The summed E-state index contributed by atoms with van der Waals surface area (Å²) < 4.78 is 13.2. The van der Waals surface area contributed by atoms with Gasteiger partial charge in [0, 0.05) is 18.3 Å². The molecule has 0 spiro atoms. The lowest BCUT2D eigenvalue weighted by molar-refractivity contribution is 0.143. The average molecular weight is 443 g/mol. The maximum absolute atomic E-state index is 6.58. The molecule has 182 valence electrons. The van der Waals surface area contributed by atoms with E-state index in [-0.39, 0.29) is 5.04 Å². The Labute approximate surface area is 192 Å². The summed E-state index contributed by atoms with van der Waals surface area (Å²) >= 11 is 0. The van der Waals surface area contributed by atoms with Crippen molar-refractivity contribution in [2.45, 2.75) is 150 Å². The van der Waals surface area contributed by atoms with Gasteiger partial charge in [0.05, 0.1) is 0 Å². The van der Waals surface area contributed by atoms with Gasteiger partial charge in [-0.3, -0.25) is 0 Å². The number of unbranched alkanes of at least 4 members (excludes halogenated alkanes) is 8. The van der Waals surface area contributed by atoms with Crippen LogP contribution in [-0.2, 0) is 8.85 Å². The van der Waals surface area contributed by atoms with Crippen LogP contribution in [0.1, 0.15) is 139 Å². The van der Waals surface area contributed by atoms with Crippen molar-refractivity contribution in [1.29, 1.82) is 0 Å². The molecular weight excluding hydrogens is 384 g/mol. The van der Waals surface area contributed by atoms with E-state index >= 15 is 0 Å². The summed E-state index contributed by atoms with van der Waals surface area (Å²) in [6.45, 7) is 20.1. The van der Waals surface area contributed by atoms with Crippen molar-refractivity contribution < 1.29 is 8.85 Å².